The second kappa shape index (κ2) is 10.1. The number of nitrogens with zero attached hydrogens (tertiary/aromatic N) is 2. The number of methoxy groups -OCH3 is 1. The van der Waals surface area contributed by atoms with E-state index in [2.05, 4.69) is 5.32 Å². The van der Waals surface area contributed by atoms with Crippen molar-refractivity contribution in [1.82, 2.24) is 4.57 Å². The summed E-state index contributed by atoms with van der Waals surface area (Å²) in [4.78, 5) is 30.2. The average Bonchev–Trinajstić information content (AvgIpc) is 3.45. The predicted molar refractivity (Wildman–Crippen MR) is 156 cm³/mol. The number of amides is 1. The van der Waals surface area contributed by atoms with Crippen molar-refractivity contribution in [3.05, 3.63) is 107 Å². The quantitative estimate of drug-likeness (QED) is 0.301. The van der Waals surface area contributed by atoms with Crippen molar-refractivity contribution < 1.29 is 19.0 Å². The zero-order valence-electron chi connectivity index (χ0n) is 22.3. The lowest BCUT2D eigenvalue weighted by molar-refractivity contribution is 0.102. The van der Waals surface area contributed by atoms with Gasteiger partial charge in [0.15, 0.2) is 11.5 Å². The Kier molecular flexibility index (Phi) is 6.36. The largest absolute Gasteiger partial charge is 0.497 e. The molecule has 0 bridgehead atoms. The minimum Gasteiger partial charge on any atom is -0.497 e. The van der Waals surface area contributed by atoms with Crippen LogP contribution in [0.2, 0.25) is 0 Å². The third-order valence-electron chi connectivity index (χ3n) is 6.94. The van der Waals surface area contributed by atoms with Crippen molar-refractivity contribution in [1.29, 1.82) is 0 Å². The van der Waals surface area contributed by atoms with Crippen LogP contribution in [0.15, 0.2) is 95.8 Å². The molecule has 40 heavy (non-hydrogen) atoms. The van der Waals surface area contributed by atoms with Crippen molar-refractivity contribution >= 4 is 28.1 Å². The summed E-state index contributed by atoms with van der Waals surface area (Å²) in [6.07, 6.45) is 0. The molecule has 0 unspecified atom stereocenters. The van der Waals surface area contributed by atoms with Gasteiger partial charge < -0.3 is 24.4 Å². The molecule has 8 heteroatoms. The molecule has 200 valence electrons. The molecule has 2 heterocycles. The van der Waals surface area contributed by atoms with Crippen LogP contribution < -0.4 is 30.0 Å². The number of nitrogens with one attached hydrogen (secondary N) is 1. The van der Waals surface area contributed by atoms with Crippen LogP contribution in [-0.2, 0) is 0 Å². The van der Waals surface area contributed by atoms with Gasteiger partial charge in [-0.25, -0.2) is 0 Å². The van der Waals surface area contributed by atoms with E-state index in [1.807, 2.05) is 61.5 Å². The molecule has 0 atom stereocenters. The highest BCUT2D eigenvalue weighted by Gasteiger charge is 2.25. The maximum Gasteiger partial charge on any atom is 0.263 e. The smallest absolute Gasteiger partial charge is 0.263 e. The minimum absolute atomic E-state index is 0.108. The van der Waals surface area contributed by atoms with Crippen LogP contribution in [0.1, 0.15) is 10.4 Å². The van der Waals surface area contributed by atoms with E-state index in [-0.39, 0.29) is 18.3 Å². The average molecular weight is 534 g/mol. The molecule has 0 aliphatic carbocycles. The lowest BCUT2D eigenvalue weighted by Crippen LogP contribution is -2.26. The standard InChI is InChI=1S/C32H27N3O5/c1-34(2)22-12-10-21(11-13-22)33-31(36)29-25-6-4-5-7-26(25)32(37)35(23-14-17-27-28(18-23)40-19-39-27)30(29)20-8-15-24(38-3)16-9-20/h4-18H,19H2,1-3H3,(H,33,36). The molecule has 0 spiro atoms. The Morgan fingerprint density at radius 2 is 1.57 bits per heavy atom. The lowest BCUT2D eigenvalue weighted by Gasteiger charge is -2.20. The summed E-state index contributed by atoms with van der Waals surface area (Å²) in [6, 6.07) is 27.4. The van der Waals surface area contributed by atoms with Gasteiger partial charge in [0.1, 0.15) is 5.75 Å². The predicted octanol–water partition coefficient (Wildman–Crippen LogP) is 5.71. The van der Waals surface area contributed by atoms with E-state index in [1.54, 1.807) is 60.2 Å². The van der Waals surface area contributed by atoms with Gasteiger partial charge in [-0.3, -0.25) is 14.2 Å². The topological polar surface area (TPSA) is 82.0 Å². The van der Waals surface area contributed by atoms with Gasteiger partial charge in [0.2, 0.25) is 6.79 Å². The Balaban J connectivity index is 1.61. The fourth-order valence-electron chi connectivity index (χ4n) is 4.91. The number of aromatic nitrogens is 1. The number of ether oxygens (including phenoxy) is 3. The second-order valence-corrected chi connectivity index (χ2v) is 9.57. The van der Waals surface area contributed by atoms with E-state index in [4.69, 9.17) is 14.2 Å². The molecular weight excluding hydrogens is 506 g/mol. The second-order valence-electron chi connectivity index (χ2n) is 9.57. The highest BCUT2D eigenvalue weighted by molar-refractivity contribution is 6.16. The maximum absolute atomic E-state index is 14.1. The zero-order chi connectivity index (χ0) is 27.8. The zero-order valence-corrected chi connectivity index (χ0v) is 22.3. The van der Waals surface area contributed by atoms with Gasteiger partial charge in [0.25, 0.3) is 11.5 Å². The summed E-state index contributed by atoms with van der Waals surface area (Å²) in [5, 5.41) is 4.02. The molecular formula is C32H27N3O5. The number of carbonyl (C=O) groups excluding carboxylic acids is 1. The maximum atomic E-state index is 14.1. The molecule has 6 rings (SSSR count). The SMILES string of the molecule is COc1ccc(-c2c(C(=O)Nc3ccc(N(C)C)cc3)c3ccccc3c(=O)n2-c2ccc3c(c2)OCO3)cc1. The normalized spacial score (nSPS) is 11.9. The van der Waals surface area contributed by atoms with Gasteiger partial charge in [0.05, 0.1) is 24.1 Å². The van der Waals surface area contributed by atoms with E-state index >= 15 is 0 Å². The number of hydrogen-bond acceptors (Lipinski definition) is 6. The first kappa shape index (κ1) is 25.1. The molecule has 0 saturated heterocycles. The molecule has 1 N–H and O–H groups in total. The fourth-order valence-corrected chi connectivity index (χ4v) is 4.91. The van der Waals surface area contributed by atoms with E-state index in [9.17, 15) is 9.59 Å². The molecule has 4 aromatic carbocycles. The number of anilines is 2. The molecule has 1 aliphatic heterocycles. The first-order valence-corrected chi connectivity index (χ1v) is 12.8. The van der Waals surface area contributed by atoms with E-state index in [0.29, 0.717) is 56.2 Å². The summed E-state index contributed by atoms with van der Waals surface area (Å²) in [6.45, 7) is 0.108. The Hall–Kier alpha value is -5.24. The van der Waals surface area contributed by atoms with Crippen LogP contribution in [-0.4, -0.2) is 38.5 Å². The lowest BCUT2D eigenvalue weighted by atomic mass is 9.97. The number of pyridine rings is 1. The van der Waals surface area contributed by atoms with Crippen molar-refractivity contribution in [2.75, 3.05) is 38.2 Å². The molecule has 1 aromatic heterocycles. The molecule has 5 aromatic rings. The summed E-state index contributed by atoms with van der Waals surface area (Å²) in [5.41, 5.74) is 3.44. The Bertz CT molecular complexity index is 1790. The molecule has 0 fully saturated rings. The van der Waals surface area contributed by atoms with Crippen molar-refractivity contribution in [2.45, 2.75) is 0 Å². The summed E-state index contributed by atoms with van der Waals surface area (Å²) >= 11 is 0. The Labute approximate surface area is 231 Å². The summed E-state index contributed by atoms with van der Waals surface area (Å²) in [5.74, 6) is 1.45. The van der Waals surface area contributed by atoms with Gasteiger partial charge in [-0.05, 0) is 72.3 Å². The van der Waals surface area contributed by atoms with Crippen LogP contribution in [0.3, 0.4) is 0 Å². The van der Waals surface area contributed by atoms with Gasteiger partial charge in [-0.2, -0.15) is 0 Å². The summed E-state index contributed by atoms with van der Waals surface area (Å²) in [7, 11) is 5.51. The van der Waals surface area contributed by atoms with E-state index in [1.165, 1.54) is 0 Å². The van der Waals surface area contributed by atoms with E-state index < -0.39 is 0 Å². The number of benzene rings is 4. The van der Waals surface area contributed by atoms with Gasteiger partial charge >= 0.3 is 0 Å². The van der Waals surface area contributed by atoms with Crippen LogP contribution in [0, 0.1) is 0 Å². The van der Waals surface area contributed by atoms with Crippen molar-refractivity contribution in [3.63, 3.8) is 0 Å². The fraction of sp³-hybridized carbons (Fsp3) is 0.125. The van der Waals surface area contributed by atoms with E-state index in [0.717, 1.165) is 5.69 Å². The Morgan fingerprint density at radius 3 is 2.27 bits per heavy atom. The summed E-state index contributed by atoms with van der Waals surface area (Å²) < 4.78 is 18.0. The van der Waals surface area contributed by atoms with Crippen LogP contribution in [0.4, 0.5) is 11.4 Å². The molecule has 0 saturated carbocycles. The van der Waals surface area contributed by atoms with Crippen LogP contribution in [0.5, 0.6) is 17.2 Å². The number of rotatable bonds is 6. The molecule has 1 aliphatic rings. The highest BCUT2D eigenvalue weighted by Crippen LogP contribution is 2.37. The van der Waals surface area contributed by atoms with Crippen molar-refractivity contribution in [2.24, 2.45) is 0 Å². The van der Waals surface area contributed by atoms with Gasteiger partial charge in [0, 0.05) is 42.3 Å². The third-order valence-corrected chi connectivity index (χ3v) is 6.94. The Morgan fingerprint density at radius 1 is 0.875 bits per heavy atom. The minimum atomic E-state index is -0.339. The van der Waals surface area contributed by atoms with Gasteiger partial charge in [-0.1, -0.05) is 18.2 Å². The first-order valence-electron chi connectivity index (χ1n) is 12.8. The highest BCUT2D eigenvalue weighted by atomic mass is 16.7. The molecule has 0 radical (unpaired) electrons. The number of carbonyl (C=O) groups is 1. The third kappa shape index (κ3) is 4.39. The van der Waals surface area contributed by atoms with Crippen LogP contribution >= 0.6 is 0 Å². The first-order chi connectivity index (χ1) is 19.4. The number of fused-ring (bicyclic) bond motifs is 2. The van der Waals surface area contributed by atoms with Crippen molar-refractivity contribution in [3.8, 4) is 34.2 Å². The number of hydrogen-bond donors (Lipinski definition) is 1. The van der Waals surface area contributed by atoms with Crippen LogP contribution in [0.25, 0.3) is 27.7 Å². The molecule has 8 nitrogen and oxygen atoms in total. The molecule has 1 amide bonds. The van der Waals surface area contributed by atoms with Gasteiger partial charge in [-0.15, -0.1) is 0 Å². The monoisotopic (exact) mass is 533 g/mol.